The lowest BCUT2D eigenvalue weighted by Gasteiger charge is -2.36. The molecule has 3 aromatic rings. The summed E-state index contributed by atoms with van der Waals surface area (Å²) < 4.78 is 12.0. The number of likely N-dealkylation sites (N-methyl/N-ethyl adjacent to an activating group) is 1. The van der Waals surface area contributed by atoms with Gasteiger partial charge in [-0.15, -0.1) is 0 Å². The van der Waals surface area contributed by atoms with Crippen molar-refractivity contribution >= 4 is 34.7 Å². The Labute approximate surface area is 259 Å². The molecular weight excluding hydrogens is 568 g/mol. The molecule has 0 bridgehead atoms. The minimum absolute atomic E-state index is 0.378. The SMILES string of the molecule is CCN(C)C(Oc1ccc(OCCN2CCN(CCCN3c4ccccc4Sc4ccc(Cl)cc43)CC2)cc1)C(C)O. The number of halogens is 1. The number of hydrogen-bond donors (Lipinski definition) is 1. The van der Waals surface area contributed by atoms with Crippen molar-refractivity contribution in [2.24, 2.45) is 0 Å². The van der Waals surface area contributed by atoms with Gasteiger partial charge in [0.05, 0.1) is 11.4 Å². The molecule has 2 aliphatic heterocycles. The molecule has 226 valence electrons. The van der Waals surface area contributed by atoms with E-state index >= 15 is 0 Å². The topological polar surface area (TPSA) is 51.7 Å². The minimum atomic E-state index is -0.588. The first-order chi connectivity index (χ1) is 20.4. The number of nitrogens with zero attached hydrogens (tertiary/aromatic N) is 4. The lowest BCUT2D eigenvalue weighted by Crippen LogP contribution is -2.47. The van der Waals surface area contributed by atoms with E-state index in [9.17, 15) is 5.11 Å². The van der Waals surface area contributed by atoms with E-state index in [1.807, 2.05) is 61.0 Å². The maximum atomic E-state index is 10.0. The minimum Gasteiger partial charge on any atom is -0.492 e. The van der Waals surface area contributed by atoms with Crippen LogP contribution in [0.4, 0.5) is 11.4 Å². The quantitative estimate of drug-likeness (QED) is 0.234. The Kier molecular flexibility index (Phi) is 10.9. The molecule has 1 saturated heterocycles. The van der Waals surface area contributed by atoms with E-state index < -0.39 is 6.10 Å². The average molecular weight is 611 g/mol. The normalized spacial score (nSPS) is 17.0. The van der Waals surface area contributed by atoms with Crippen LogP contribution in [0.25, 0.3) is 0 Å². The number of para-hydroxylation sites is 1. The third-order valence-electron chi connectivity index (χ3n) is 8.01. The van der Waals surface area contributed by atoms with Gasteiger partial charge in [-0.1, -0.05) is 42.4 Å². The number of rotatable bonds is 13. The highest BCUT2D eigenvalue weighted by Gasteiger charge is 2.24. The molecule has 0 saturated carbocycles. The van der Waals surface area contributed by atoms with Crippen molar-refractivity contribution < 1.29 is 14.6 Å². The molecule has 2 heterocycles. The second kappa shape index (κ2) is 14.8. The van der Waals surface area contributed by atoms with Gasteiger partial charge in [-0.3, -0.25) is 9.80 Å². The van der Waals surface area contributed by atoms with Gasteiger partial charge in [0.1, 0.15) is 24.2 Å². The second-order valence-corrected chi connectivity index (χ2v) is 12.5. The highest BCUT2D eigenvalue weighted by atomic mass is 35.5. The fraction of sp³-hybridized carbons (Fsp3) is 0.455. The Morgan fingerprint density at radius 2 is 1.55 bits per heavy atom. The summed E-state index contributed by atoms with van der Waals surface area (Å²) in [6.07, 6.45) is 0.132. The number of aliphatic hydroxyl groups excluding tert-OH is 1. The van der Waals surface area contributed by atoms with Crippen molar-refractivity contribution in [3.63, 3.8) is 0 Å². The zero-order chi connectivity index (χ0) is 29.5. The van der Waals surface area contributed by atoms with Crippen LogP contribution in [0.5, 0.6) is 11.5 Å². The molecule has 1 fully saturated rings. The molecule has 0 aromatic heterocycles. The molecule has 3 aromatic carbocycles. The zero-order valence-corrected chi connectivity index (χ0v) is 26.5. The molecular formula is C33H43ClN4O3S. The van der Waals surface area contributed by atoms with Gasteiger partial charge in [-0.25, -0.2) is 0 Å². The monoisotopic (exact) mass is 610 g/mol. The molecule has 1 N–H and O–H groups in total. The zero-order valence-electron chi connectivity index (χ0n) is 24.9. The van der Waals surface area contributed by atoms with Crippen molar-refractivity contribution in [1.29, 1.82) is 0 Å². The van der Waals surface area contributed by atoms with Gasteiger partial charge in [-0.05, 0) is 88.1 Å². The summed E-state index contributed by atoms with van der Waals surface area (Å²) >= 11 is 8.21. The van der Waals surface area contributed by atoms with Crippen LogP contribution in [0.1, 0.15) is 20.3 Å². The van der Waals surface area contributed by atoms with Gasteiger partial charge in [-0.2, -0.15) is 0 Å². The molecule has 42 heavy (non-hydrogen) atoms. The number of aliphatic hydroxyl groups is 1. The number of anilines is 2. The summed E-state index contributed by atoms with van der Waals surface area (Å²) in [7, 11) is 1.94. The van der Waals surface area contributed by atoms with Gasteiger partial charge in [0, 0.05) is 54.1 Å². The van der Waals surface area contributed by atoms with Crippen LogP contribution in [-0.2, 0) is 0 Å². The fourth-order valence-electron chi connectivity index (χ4n) is 5.52. The van der Waals surface area contributed by atoms with Crippen LogP contribution in [0, 0.1) is 0 Å². The van der Waals surface area contributed by atoms with Crippen molar-refractivity contribution in [1.82, 2.24) is 14.7 Å². The highest BCUT2D eigenvalue weighted by molar-refractivity contribution is 7.99. The van der Waals surface area contributed by atoms with E-state index in [2.05, 4.69) is 51.1 Å². The fourth-order valence-corrected chi connectivity index (χ4v) is 6.76. The van der Waals surface area contributed by atoms with Crippen LogP contribution in [-0.4, -0.2) is 98.2 Å². The Morgan fingerprint density at radius 3 is 2.26 bits per heavy atom. The Bertz CT molecular complexity index is 1290. The molecule has 0 spiro atoms. The predicted octanol–water partition coefficient (Wildman–Crippen LogP) is 6.07. The maximum Gasteiger partial charge on any atom is 0.178 e. The highest BCUT2D eigenvalue weighted by Crippen LogP contribution is 2.48. The number of fused-ring (bicyclic) bond motifs is 2. The summed E-state index contributed by atoms with van der Waals surface area (Å²) in [5.41, 5.74) is 2.49. The van der Waals surface area contributed by atoms with Crippen LogP contribution in [0.3, 0.4) is 0 Å². The molecule has 2 unspecified atom stereocenters. The van der Waals surface area contributed by atoms with Crippen LogP contribution >= 0.6 is 23.4 Å². The Balaban J connectivity index is 1.03. The molecule has 2 aliphatic rings. The number of hydrogen-bond acceptors (Lipinski definition) is 8. The third-order valence-corrected chi connectivity index (χ3v) is 9.38. The van der Waals surface area contributed by atoms with Gasteiger partial charge >= 0.3 is 0 Å². The largest absolute Gasteiger partial charge is 0.492 e. The summed E-state index contributed by atoms with van der Waals surface area (Å²) in [4.78, 5) is 12.1. The van der Waals surface area contributed by atoms with Crippen LogP contribution < -0.4 is 14.4 Å². The average Bonchev–Trinajstić information content (AvgIpc) is 3.00. The summed E-state index contributed by atoms with van der Waals surface area (Å²) in [5, 5.41) is 10.8. The van der Waals surface area contributed by atoms with Crippen LogP contribution in [0.15, 0.2) is 76.5 Å². The number of piperazine rings is 1. The predicted molar refractivity (Wildman–Crippen MR) is 173 cm³/mol. The van der Waals surface area contributed by atoms with Crippen molar-refractivity contribution in [3.8, 4) is 11.5 Å². The van der Waals surface area contributed by atoms with E-state index in [1.54, 1.807) is 6.92 Å². The van der Waals surface area contributed by atoms with E-state index in [0.717, 1.165) is 75.3 Å². The molecule has 0 radical (unpaired) electrons. The molecule has 2 atom stereocenters. The summed E-state index contributed by atoms with van der Waals surface area (Å²) in [6.45, 7) is 12.5. The first-order valence-electron chi connectivity index (χ1n) is 15.0. The first kappa shape index (κ1) is 31.0. The number of benzene rings is 3. The van der Waals surface area contributed by atoms with Gasteiger partial charge < -0.3 is 24.4 Å². The van der Waals surface area contributed by atoms with Crippen LogP contribution in [0.2, 0.25) is 5.02 Å². The Morgan fingerprint density at radius 1 is 0.881 bits per heavy atom. The third kappa shape index (κ3) is 7.92. The van der Waals surface area contributed by atoms with Gasteiger partial charge in [0.2, 0.25) is 0 Å². The molecule has 9 heteroatoms. The molecule has 0 amide bonds. The van der Waals surface area contributed by atoms with Crippen molar-refractivity contribution in [2.45, 2.75) is 42.4 Å². The smallest absolute Gasteiger partial charge is 0.178 e. The van der Waals surface area contributed by atoms with E-state index in [1.165, 1.54) is 21.2 Å². The van der Waals surface area contributed by atoms with Gasteiger partial charge in [0.25, 0.3) is 0 Å². The van der Waals surface area contributed by atoms with Crippen molar-refractivity contribution in [3.05, 3.63) is 71.8 Å². The molecule has 7 nitrogen and oxygen atoms in total. The maximum absolute atomic E-state index is 10.0. The molecule has 5 rings (SSSR count). The summed E-state index contributed by atoms with van der Waals surface area (Å²) in [5.74, 6) is 1.56. The van der Waals surface area contributed by atoms with Crippen molar-refractivity contribution in [2.75, 3.05) is 70.9 Å². The summed E-state index contributed by atoms with van der Waals surface area (Å²) in [6, 6.07) is 22.6. The lowest BCUT2D eigenvalue weighted by atomic mass is 10.2. The van der Waals surface area contributed by atoms with E-state index in [-0.39, 0.29) is 6.23 Å². The standard InChI is InChI=1S/C33H43ClN4O3S/c1-4-35(3)33(25(2)39)41-28-13-11-27(12-14-28)40-23-22-37-20-18-36(19-21-37)16-7-17-38-29-8-5-6-9-31(29)42-32-15-10-26(34)24-30(32)38/h5-6,8-15,24-25,33,39H,4,7,16-23H2,1-3H3. The Hall–Kier alpha value is -2.46. The van der Waals surface area contributed by atoms with E-state index in [0.29, 0.717) is 6.61 Å². The second-order valence-electron chi connectivity index (χ2n) is 11.0. The van der Waals surface area contributed by atoms with E-state index in [4.69, 9.17) is 21.1 Å². The molecule has 0 aliphatic carbocycles. The van der Waals surface area contributed by atoms with Gasteiger partial charge in [0.15, 0.2) is 6.23 Å². The number of ether oxygens (including phenoxy) is 2. The first-order valence-corrected chi connectivity index (χ1v) is 16.2. The lowest BCUT2D eigenvalue weighted by molar-refractivity contribution is -0.0440.